The van der Waals surface area contributed by atoms with Gasteiger partial charge in [0.2, 0.25) is 0 Å². The fourth-order valence-corrected chi connectivity index (χ4v) is 3.13. The van der Waals surface area contributed by atoms with Crippen LogP contribution in [0.15, 0.2) is 0 Å². The van der Waals surface area contributed by atoms with Gasteiger partial charge in [0.1, 0.15) is 0 Å². The lowest BCUT2D eigenvalue weighted by Crippen LogP contribution is -2.53. The van der Waals surface area contributed by atoms with Gasteiger partial charge in [-0.05, 0) is 39.7 Å². The van der Waals surface area contributed by atoms with Crippen LogP contribution < -0.4 is 5.32 Å². The monoisotopic (exact) mass is 237 g/mol. The maximum Gasteiger partial charge on any atom is 0.0846 e. The summed E-state index contributed by atoms with van der Waals surface area (Å²) in [5.41, 5.74) is 0.00498. The van der Waals surface area contributed by atoms with E-state index >= 15 is 0 Å². The number of nitrogens with one attached hydrogen (secondary N) is 1. The summed E-state index contributed by atoms with van der Waals surface area (Å²) >= 11 is 0. The van der Waals surface area contributed by atoms with Gasteiger partial charge in [0, 0.05) is 19.1 Å². The van der Waals surface area contributed by atoms with E-state index in [2.05, 4.69) is 31.0 Å². The first-order chi connectivity index (χ1) is 8.18. The van der Waals surface area contributed by atoms with Crippen molar-refractivity contribution < 1.29 is 4.74 Å². The number of ether oxygens (including phenoxy) is 1. The molecule has 0 amide bonds. The molecule has 1 rings (SSSR count). The quantitative estimate of drug-likeness (QED) is 0.742. The second-order valence-corrected chi connectivity index (χ2v) is 5.17. The smallest absolute Gasteiger partial charge is 0.0846 e. The van der Waals surface area contributed by atoms with Crippen molar-refractivity contribution in [1.82, 2.24) is 5.32 Å². The van der Waals surface area contributed by atoms with Crippen molar-refractivity contribution in [2.45, 2.75) is 64.5 Å². The number of likely N-dealkylation sites (N-methyl/N-ethyl adjacent to an activating group) is 1. The zero-order chi connectivity index (χ0) is 12.7. The van der Waals surface area contributed by atoms with Crippen LogP contribution in [0.5, 0.6) is 0 Å². The van der Waals surface area contributed by atoms with Gasteiger partial charge in [-0.15, -0.1) is 11.8 Å². The molecule has 0 saturated heterocycles. The zero-order valence-electron chi connectivity index (χ0n) is 11.8. The van der Waals surface area contributed by atoms with Crippen molar-refractivity contribution in [2.75, 3.05) is 13.7 Å². The van der Waals surface area contributed by atoms with Crippen LogP contribution in [0.25, 0.3) is 0 Å². The summed E-state index contributed by atoms with van der Waals surface area (Å²) in [5.74, 6) is 6.96. The lowest BCUT2D eigenvalue weighted by atomic mass is 9.73. The first-order valence-electron chi connectivity index (χ1n) is 6.89. The summed E-state index contributed by atoms with van der Waals surface area (Å²) in [4.78, 5) is 0. The van der Waals surface area contributed by atoms with Crippen molar-refractivity contribution in [1.29, 1.82) is 0 Å². The second kappa shape index (κ2) is 7.03. The lowest BCUT2D eigenvalue weighted by molar-refractivity contribution is -0.0979. The van der Waals surface area contributed by atoms with Crippen molar-refractivity contribution >= 4 is 0 Å². The van der Waals surface area contributed by atoms with Gasteiger partial charge in [-0.25, -0.2) is 0 Å². The molecule has 1 saturated carbocycles. The maximum absolute atomic E-state index is 6.16. The van der Waals surface area contributed by atoms with Crippen LogP contribution in [0.3, 0.4) is 0 Å². The van der Waals surface area contributed by atoms with Gasteiger partial charge in [-0.2, -0.15) is 0 Å². The standard InChI is InChI=1S/C15H27NO/c1-5-7-10-14(16-4)15(17-6-2)11-8-9-13(3)12-15/h13-14,16H,6,8-12H2,1-4H3. The van der Waals surface area contributed by atoms with Gasteiger partial charge in [0.05, 0.1) is 5.60 Å². The Kier molecular flexibility index (Phi) is 6.02. The zero-order valence-corrected chi connectivity index (χ0v) is 11.8. The van der Waals surface area contributed by atoms with E-state index in [1.165, 1.54) is 19.3 Å². The van der Waals surface area contributed by atoms with Crippen LogP contribution in [-0.4, -0.2) is 25.3 Å². The minimum atomic E-state index is 0.00498. The summed E-state index contributed by atoms with van der Waals surface area (Å²) in [5, 5.41) is 3.43. The third-order valence-corrected chi connectivity index (χ3v) is 3.89. The Bertz CT molecular complexity index is 274. The summed E-state index contributed by atoms with van der Waals surface area (Å²) in [7, 11) is 2.03. The number of hydrogen-bond acceptors (Lipinski definition) is 2. The summed E-state index contributed by atoms with van der Waals surface area (Å²) in [6.07, 6.45) is 5.84. The molecule has 98 valence electrons. The van der Waals surface area contributed by atoms with Crippen LogP contribution in [-0.2, 0) is 4.74 Å². The highest BCUT2D eigenvalue weighted by Gasteiger charge is 2.41. The van der Waals surface area contributed by atoms with E-state index in [1.807, 2.05) is 14.0 Å². The fourth-order valence-electron chi connectivity index (χ4n) is 3.13. The minimum absolute atomic E-state index is 0.00498. The molecule has 1 fully saturated rings. The Morgan fingerprint density at radius 2 is 2.29 bits per heavy atom. The van der Waals surface area contributed by atoms with E-state index < -0.39 is 0 Å². The van der Waals surface area contributed by atoms with Crippen LogP contribution in [0, 0.1) is 17.8 Å². The molecular formula is C15H27NO. The van der Waals surface area contributed by atoms with Crippen LogP contribution in [0.4, 0.5) is 0 Å². The van der Waals surface area contributed by atoms with E-state index in [4.69, 9.17) is 4.74 Å². The Balaban J connectivity index is 2.81. The Morgan fingerprint density at radius 1 is 1.53 bits per heavy atom. The molecule has 0 aromatic heterocycles. The fraction of sp³-hybridized carbons (Fsp3) is 0.867. The highest BCUT2D eigenvalue weighted by atomic mass is 16.5. The average Bonchev–Trinajstić information content (AvgIpc) is 2.30. The molecule has 0 spiro atoms. The predicted molar refractivity (Wildman–Crippen MR) is 72.9 cm³/mol. The van der Waals surface area contributed by atoms with Crippen LogP contribution in [0.1, 0.15) is 52.9 Å². The first-order valence-corrected chi connectivity index (χ1v) is 6.89. The molecule has 0 heterocycles. The molecule has 0 aliphatic heterocycles. The van der Waals surface area contributed by atoms with Crippen LogP contribution >= 0.6 is 0 Å². The SMILES string of the molecule is CC#CCC(NC)C1(OCC)CCCC(C)C1. The largest absolute Gasteiger partial charge is 0.374 e. The molecule has 3 atom stereocenters. The average molecular weight is 237 g/mol. The molecule has 1 aliphatic carbocycles. The third-order valence-electron chi connectivity index (χ3n) is 3.89. The molecule has 1 aliphatic rings. The summed E-state index contributed by atoms with van der Waals surface area (Å²) in [6.45, 7) is 7.14. The van der Waals surface area contributed by atoms with E-state index in [0.717, 1.165) is 25.4 Å². The van der Waals surface area contributed by atoms with Gasteiger partial charge >= 0.3 is 0 Å². The van der Waals surface area contributed by atoms with Gasteiger partial charge in [0.15, 0.2) is 0 Å². The maximum atomic E-state index is 6.16. The van der Waals surface area contributed by atoms with E-state index in [9.17, 15) is 0 Å². The summed E-state index contributed by atoms with van der Waals surface area (Å²) < 4.78 is 6.16. The molecule has 0 aromatic rings. The van der Waals surface area contributed by atoms with Gasteiger partial charge < -0.3 is 10.1 Å². The van der Waals surface area contributed by atoms with Gasteiger partial charge in [0.25, 0.3) is 0 Å². The summed E-state index contributed by atoms with van der Waals surface area (Å²) in [6, 6.07) is 0.359. The molecule has 0 radical (unpaired) electrons. The molecule has 2 nitrogen and oxygen atoms in total. The molecular weight excluding hydrogens is 210 g/mol. The predicted octanol–water partition coefficient (Wildman–Crippen LogP) is 2.97. The Hall–Kier alpha value is -0.520. The van der Waals surface area contributed by atoms with Crippen molar-refractivity contribution in [3.05, 3.63) is 0 Å². The highest BCUT2D eigenvalue weighted by molar-refractivity contribution is 5.05. The van der Waals surface area contributed by atoms with Gasteiger partial charge in [-0.1, -0.05) is 19.8 Å². The molecule has 2 heteroatoms. The second-order valence-electron chi connectivity index (χ2n) is 5.17. The van der Waals surface area contributed by atoms with Crippen LogP contribution in [0.2, 0.25) is 0 Å². The molecule has 0 aromatic carbocycles. The number of rotatable bonds is 5. The van der Waals surface area contributed by atoms with Crippen molar-refractivity contribution in [3.8, 4) is 11.8 Å². The topological polar surface area (TPSA) is 21.3 Å². The first kappa shape index (κ1) is 14.5. The molecule has 17 heavy (non-hydrogen) atoms. The molecule has 0 bridgehead atoms. The number of hydrogen-bond donors (Lipinski definition) is 1. The highest BCUT2D eigenvalue weighted by Crippen LogP contribution is 2.38. The third kappa shape index (κ3) is 3.72. The molecule has 1 N–H and O–H groups in total. The van der Waals surface area contributed by atoms with Gasteiger partial charge in [-0.3, -0.25) is 0 Å². The molecule has 3 unspecified atom stereocenters. The van der Waals surface area contributed by atoms with Crippen molar-refractivity contribution in [3.63, 3.8) is 0 Å². The lowest BCUT2D eigenvalue weighted by Gasteiger charge is -2.44. The minimum Gasteiger partial charge on any atom is -0.374 e. The Labute approximate surface area is 107 Å². The van der Waals surface area contributed by atoms with E-state index in [1.54, 1.807) is 0 Å². The Morgan fingerprint density at radius 3 is 2.82 bits per heavy atom. The van der Waals surface area contributed by atoms with E-state index in [-0.39, 0.29) is 5.60 Å². The van der Waals surface area contributed by atoms with E-state index in [0.29, 0.717) is 6.04 Å². The van der Waals surface area contributed by atoms with Crippen molar-refractivity contribution in [2.24, 2.45) is 5.92 Å². The normalized spacial score (nSPS) is 30.5.